The first-order valence-corrected chi connectivity index (χ1v) is 7.12. The van der Waals surface area contributed by atoms with Gasteiger partial charge in [0, 0.05) is 12.1 Å². The van der Waals surface area contributed by atoms with Crippen molar-refractivity contribution < 1.29 is 4.39 Å². The molecule has 1 nitrogen and oxygen atoms in total. The molecule has 2 heteroatoms. The summed E-state index contributed by atoms with van der Waals surface area (Å²) < 4.78 is 14.1. The van der Waals surface area contributed by atoms with Crippen LogP contribution in [0.4, 0.5) is 4.39 Å². The van der Waals surface area contributed by atoms with Gasteiger partial charge in [0.05, 0.1) is 0 Å². The summed E-state index contributed by atoms with van der Waals surface area (Å²) in [7, 11) is 1.86. The Morgan fingerprint density at radius 2 is 1.65 bits per heavy atom. The van der Waals surface area contributed by atoms with Crippen LogP contribution in [0.3, 0.4) is 0 Å². The number of rotatable bonds is 5. The quantitative estimate of drug-likeness (QED) is 0.849. The lowest BCUT2D eigenvalue weighted by Gasteiger charge is -2.09. The van der Waals surface area contributed by atoms with Crippen LogP contribution in [0, 0.1) is 11.7 Å². The highest BCUT2D eigenvalue weighted by Gasteiger charge is 2.06. The van der Waals surface area contributed by atoms with E-state index in [1.807, 2.05) is 31.3 Å². The Hall–Kier alpha value is -1.67. The van der Waals surface area contributed by atoms with Gasteiger partial charge in [0.25, 0.3) is 0 Å². The van der Waals surface area contributed by atoms with E-state index < -0.39 is 0 Å². The predicted molar refractivity (Wildman–Crippen MR) is 83.1 cm³/mol. The molecule has 0 saturated heterocycles. The lowest BCUT2D eigenvalue weighted by atomic mass is 9.98. The van der Waals surface area contributed by atoms with E-state index in [0.29, 0.717) is 18.0 Å². The molecule has 2 aromatic carbocycles. The van der Waals surface area contributed by atoms with Crippen LogP contribution in [-0.4, -0.2) is 7.05 Å². The van der Waals surface area contributed by atoms with Gasteiger partial charge < -0.3 is 5.32 Å². The highest BCUT2D eigenvalue weighted by Crippen LogP contribution is 2.24. The second kappa shape index (κ2) is 6.67. The summed E-state index contributed by atoms with van der Waals surface area (Å²) in [5.41, 5.74) is 3.87. The maximum atomic E-state index is 14.1. The molecule has 0 spiro atoms. The minimum atomic E-state index is -0.158. The third-order valence-electron chi connectivity index (χ3n) is 3.32. The third kappa shape index (κ3) is 3.67. The molecule has 106 valence electrons. The number of halogens is 1. The summed E-state index contributed by atoms with van der Waals surface area (Å²) in [5, 5.41) is 3.03. The van der Waals surface area contributed by atoms with E-state index in [9.17, 15) is 4.39 Å². The van der Waals surface area contributed by atoms with Crippen molar-refractivity contribution in [1.82, 2.24) is 5.32 Å². The van der Waals surface area contributed by atoms with E-state index in [4.69, 9.17) is 0 Å². The van der Waals surface area contributed by atoms with E-state index in [1.54, 1.807) is 6.07 Å². The molecule has 0 bridgehead atoms. The highest BCUT2D eigenvalue weighted by molar-refractivity contribution is 5.64. The third-order valence-corrected chi connectivity index (χ3v) is 3.32. The van der Waals surface area contributed by atoms with Crippen molar-refractivity contribution in [2.45, 2.75) is 26.8 Å². The van der Waals surface area contributed by atoms with Gasteiger partial charge in [-0.2, -0.15) is 0 Å². The largest absolute Gasteiger partial charge is 0.316 e. The van der Waals surface area contributed by atoms with Crippen LogP contribution in [-0.2, 0) is 13.0 Å². The average Bonchev–Trinajstić information content (AvgIpc) is 2.40. The fraction of sp³-hybridized carbons (Fsp3) is 0.333. The molecular formula is C18H22FN. The molecule has 0 aromatic heterocycles. The molecule has 0 amide bonds. The first-order chi connectivity index (χ1) is 9.60. The maximum Gasteiger partial charge on any atom is 0.131 e. The number of benzene rings is 2. The lowest BCUT2D eigenvalue weighted by Crippen LogP contribution is -2.05. The fourth-order valence-electron chi connectivity index (χ4n) is 2.40. The van der Waals surface area contributed by atoms with Gasteiger partial charge in [-0.3, -0.25) is 0 Å². The average molecular weight is 271 g/mol. The molecule has 1 N–H and O–H groups in total. The molecule has 0 saturated carbocycles. The smallest absolute Gasteiger partial charge is 0.131 e. The summed E-state index contributed by atoms with van der Waals surface area (Å²) in [6.45, 7) is 5.09. The van der Waals surface area contributed by atoms with Crippen LogP contribution in [0.5, 0.6) is 0 Å². The van der Waals surface area contributed by atoms with Crippen LogP contribution < -0.4 is 5.32 Å². The SMILES string of the molecule is CNCc1ccc(-c2ccc(CC(C)C)cc2)c(F)c1. The number of hydrogen-bond acceptors (Lipinski definition) is 1. The Morgan fingerprint density at radius 3 is 2.20 bits per heavy atom. The topological polar surface area (TPSA) is 12.0 Å². The Morgan fingerprint density at radius 1 is 1.00 bits per heavy atom. The predicted octanol–water partition coefficient (Wildman–Crippen LogP) is 4.41. The second-order valence-electron chi connectivity index (χ2n) is 5.64. The molecule has 20 heavy (non-hydrogen) atoms. The molecule has 0 aliphatic heterocycles. The molecule has 0 atom stereocenters. The minimum Gasteiger partial charge on any atom is -0.316 e. The summed E-state index contributed by atoms with van der Waals surface area (Å²) in [4.78, 5) is 0. The van der Waals surface area contributed by atoms with Crippen molar-refractivity contribution in [2.24, 2.45) is 5.92 Å². The van der Waals surface area contributed by atoms with Gasteiger partial charge in [0.15, 0.2) is 0 Å². The van der Waals surface area contributed by atoms with Gasteiger partial charge in [-0.05, 0) is 42.1 Å². The summed E-state index contributed by atoms with van der Waals surface area (Å²) >= 11 is 0. The van der Waals surface area contributed by atoms with Crippen LogP contribution in [0.25, 0.3) is 11.1 Å². The zero-order valence-corrected chi connectivity index (χ0v) is 12.4. The molecule has 0 radical (unpaired) electrons. The minimum absolute atomic E-state index is 0.158. The van der Waals surface area contributed by atoms with Gasteiger partial charge in [-0.1, -0.05) is 50.2 Å². The van der Waals surface area contributed by atoms with E-state index in [-0.39, 0.29) is 5.82 Å². The fourth-order valence-corrected chi connectivity index (χ4v) is 2.40. The van der Waals surface area contributed by atoms with E-state index in [2.05, 4.69) is 31.3 Å². The number of hydrogen-bond donors (Lipinski definition) is 1. The molecule has 2 aromatic rings. The first kappa shape index (κ1) is 14.7. The highest BCUT2D eigenvalue weighted by atomic mass is 19.1. The monoisotopic (exact) mass is 271 g/mol. The Kier molecular flexibility index (Phi) is 4.91. The molecule has 2 rings (SSSR count). The van der Waals surface area contributed by atoms with Gasteiger partial charge >= 0.3 is 0 Å². The molecule has 0 aliphatic rings. The molecular weight excluding hydrogens is 249 g/mol. The van der Waals surface area contributed by atoms with Crippen LogP contribution in [0.2, 0.25) is 0 Å². The molecule has 0 unspecified atom stereocenters. The summed E-state index contributed by atoms with van der Waals surface area (Å²) in [6, 6.07) is 13.6. The van der Waals surface area contributed by atoms with Crippen molar-refractivity contribution >= 4 is 0 Å². The second-order valence-corrected chi connectivity index (χ2v) is 5.64. The molecule has 0 heterocycles. The van der Waals surface area contributed by atoms with Gasteiger partial charge in [0.1, 0.15) is 5.82 Å². The van der Waals surface area contributed by atoms with Gasteiger partial charge in [-0.15, -0.1) is 0 Å². The molecule has 0 fully saturated rings. The van der Waals surface area contributed by atoms with Crippen molar-refractivity contribution in [3.05, 3.63) is 59.4 Å². The van der Waals surface area contributed by atoms with Crippen LogP contribution >= 0.6 is 0 Å². The van der Waals surface area contributed by atoms with E-state index in [1.165, 1.54) is 5.56 Å². The zero-order valence-electron chi connectivity index (χ0n) is 12.4. The van der Waals surface area contributed by atoms with Crippen molar-refractivity contribution in [1.29, 1.82) is 0 Å². The zero-order chi connectivity index (χ0) is 14.5. The normalized spacial score (nSPS) is 11.1. The van der Waals surface area contributed by atoms with E-state index in [0.717, 1.165) is 17.5 Å². The number of nitrogens with one attached hydrogen (secondary N) is 1. The molecule has 0 aliphatic carbocycles. The van der Waals surface area contributed by atoms with Crippen LogP contribution in [0.15, 0.2) is 42.5 Å². The van der Waals surface area contributed by atoms with Crippen molar-refractivity contribution in [3.63, 3.8) is 0 Å². The van der Waals surface area contributed by atoms with Gasteiger partial charge in [0.2, 0.25) is 0 Å². The summed E-state index contributed by atoms with van der Waals surface area (Å²) in [6.07, 6.45) is 1.06. The Labute approximate surface area is 120 Å². The van der Waals surface area contributed by atoms with Crippen molar-refractivity contribution in [3.8, 4) is 11.1 Å². The van der Waals surface area contributed by atoms with Gasteiger partial charge in [-0.25, -0.2) is 4.39 Å². The first-order valence-electron chi connectivity index (χ1n) is 7.12. The Balaban J connectivity index is 2.23. The standard InChI is InChI=1S/C18H22FN/c1-13(2)10-14-4-7-16(8-5-14)17-9-6-15(12-20-3)11-18(17)19/h4-9,11,13,20H,10,12H2,1-3H3. The lowest BCUT2D eigenvalue weighted by molar-refractivity contribution is 0.627. The summed E-state index contributed by atoms with van der Waals surface area (Å²) in [5.74, 6) is 0.479. The van der Waals surface area contributed by atoms with E-state index >= 15 is 0 Å². The van der Waals surface area contributed by atoms with Crippen LogP contribution in [0.1, 0.15) is 25.0 Å². The Bertz CT molecular complexity index is 558. The van der Waals surface area contributed by atoms with Crippen molar-refractivity contribution in [2.75, 3.05) is 7.05 Å². The maximum absolute atomic E-state index is 14.1.